The average Bonchev–Trinajstić information content (AvgIpc) is 2.36. The number of halogens is 3. The highest BCUT2D eigenvalue weighted by Gasteiger charge is 2.11. The van der Waals surface area contributed by atoms with Gasteiger partial charge in [-0.15, -0.1) is 0 Å². The minimum Gasteiger partial charge on any atom is -0.434 e. The minimum absolute atomic E-state index is 0.155. The first-order valence-corrected chi connectivity index (χ1v) is 6.89. The Labute approximate surface area is 120 Å². The molecule has 0 spiro atoms. The van der Waals surface area contributed by atoms with Gasteiger partial charge in [-0.2, -0.15) is 8.78 Å². The summed E-state index contributed by atoms with van der Waals surface area (Å²) in [4.78, 5) is 0. The molecular weight excluding hydrogens is 320 g/mol. The lowest BCUT2D eigenvalue weighted by molar-refractivity contribution is -0.0505. The quantitative estimate of drug-likeness (QED) is 0.764. The smallest absolute Gasteiger partial charge is 0.387 e. The van der Waals surface area contributed by atoms with E-state index in [0.717, 1.165) is 10.9 Å². The minimum atomic E-state index is -2.83. The summed E-state index contributed by atoms with van der Waals surface area (Å²) < 4.78 is 29.9. The van der Waals surface area contributed by atoms with Gasteiger partial charge in [0.15, 0.2) is 0 Å². The number of nitrogens with one attached hydrogen (secondary N) is 1. The maximum atomic E-state index is 12.3. The Balaban J connectivity index is 2.62. The Bertz CT molecular complexity index is 391. The van der Waals surface area contributed by atoms with Crippen molar-refractivity contribution in [2.75, 3.05) is 6.61 Å². The fourth-order valence-electron chi connectivity index (χ4n) is 1.68. The maximum absolute atomic E-state index is 12.3. The summed E-state index contributed by atoms with van der Waals surface area (Å²) >= 11 is 3.31. The number of hydrogen-bond acceptors (Lipinski definition) is 3. The van der Waals surface area contributed by atoms with Crippen molar-refractivity contribution >= 4 is 15.9 Å². The van der Waals surface area contributed by atoms with Crippen LogP contribution in [0.25, 0.3) is 0 Å². The number of ether oxygens (including phenoxy) is 1. The lowest BCUT2D eigenvalue weighted by atomic mass is 10.1. The topological polar surface area (TPSA) is 41.5 Å². The standard InChI is InChI=1S/C13H18BrF2NO2/c1-9(3-2-6-18)17-8-10-7-11(14)4-5-12(10)19-13(15)16/h4-5,7,9,13,17-18H,2-3,6,8H2,1H3. The molecular formula is C13H18BrF2NO2. The molecule has 0 aliphatic carbocycles. The van der Waals surface area contributed by atoms with E-state index in [-0.39, 0.29) is 18.4 Å². The molecule has 19 heavy (non-hydrogen) atoms. The summed E-state index contributed by atoms with van der Waals surface area (Å²) in [7, 11) is 0. The number of alkyl halides is 2. The highest BCUT2D eigenvalue weighted by molar-refractivity contribution is 9.10. The van der Waals surface area contributed by atoms with Crippen molar-refractivity contribution < 1.29 is 18.6 Å². The van der Waals surface area contributed by atoms with Crippen molar-refractivity contribution in [3.63, 3.8) is 0 Å². The van der Waals surface area contributed by atoms with Crippen LogP contribution >= 0.6 is 15.9 Å². The summed E-state index contributed by atoms with van der Waals surface area (Å²) in [6.07, 6.45) is 1.54. The van der Waals surface area contributed by atoms with Gasteiger partial charge in [-0.25, -0.2) is 0 Å². The zero-order valence-electron chi connectivity index (χ0n) is 10.7. The second-order valence-electron chi connectivity index (χ2n) is 4.28. The molecule has 1 aromatic rings. The van der Waals surface area contributed by atoms with Gasteiger partial charge in [-0.05, 0) is 38.0 Å². The van der Waals surface area contributed by atoms with Gasteiger partial charge in [0.25, 0.3) is 0 Å². The molecule has 2 N–H and O–H groups in total. The molecule has 0 fully saturated rings. The Morgan fingerprint density at radius 2 is 2.16 bits per heavy atom. The highest BCUT2D eigenvalue weighted by atomic mass is 79.9. The lowest BCUT2D eigenvalue weighted by Crippen LogP contribution is -2.26. The van der Waals surface area contributed by atoms with E-state index in [1.54, 1.807) is 12.1 Å². The van der Waals surface area contributed by atoms with Crippen molar-refractivity contribution in [1.82, 2.24) is 5.32 Å². The van der Waals surface area contributed by atoms with Gasteiger partial charge in [0.05, 0.1) is 0 Å². The molecule has 0 amide bonds. The van der Waals surface area contributed by atoms with Gasteiger partial charge in [0.2, 0.25) is 0 Å². The second-order valence-corrected chi connectivity index (χ2v) is 5.19. The Morgan fingerprint density at radius 1 is 1.42 bits per heavy atom. The van der Waals surface area contributed by atoms with Gasteiger partial charge in [0, 0.05) is 29.2 Å². The van der Waals surface area contributed by atoms with Crippen LogP contribution in [0.2, 0.25) is 0 Å². The predicted molar refractivity (Wildman–Crippen MR) is 73.4 cm³/mol. The van der Waals surface area contributed by atoms with Crippen molar-refractivity contribution in [2.24, 2.45) is 0 Å². The molecule has 0 saturated heterocycles. The first-order valence-electron chi connectivity index (χ1n) is 6.10. The van der Waals surface area contributed by atoms with E-state index in [1.165, 1.54) is 6.07 Å². The van der Waals surface area contributed by atoms with Crippen LogP contribution < -0.4 is 10.1 Å². The molecule has 0 aliphatic rings. The molecule has 1 aromatic carbocycles. The zero-order chi connectivity index (χ0) is 14.3. The second kappa shape index (κ2) is 8.45. The number of rotatable bonds is 8. The van der Waals surface area contributed by atoms with Crippen LogP contribution in [0.5, 0.6) is 5.75 Å². The first kappa shape index (κ1) is 16.3. The van der Waals surface area contributed by atoms with E-state index >= 15 is 0 Å². The van der Waals surface area contributed by atoms with Crippen molar-refractivity contribution in [3.8, 4) is 5.75 Å². The molecule has 1 unspecified atom stereocenters. The van der Waals surface area contributed by atoms with E-state index in [0.29, 0.717) is 18.5 Å². The van der Waals surface area contributed by atoms with Gasteiger partial charge in [-0.3, -0.25) is 0 Å². The van der Waals surface area contributed by atoms with Gasteiger partial charge >= 0.3 is 6.61 Å². The Kier molecular flexibility index (Phi) is 7.27. The monoisotopic (exact) mass is 337 g/mol. The van der Waals surface area contributed by atoms with Crippen LogP contribution in [0.3, 0.4) is 0 Å². The summed E-state index contributed by atoms with van der Waals surface area (Å²) in [6.45, 7) is -0.246. The number of hydrogen-bond donors (Lipinski definition) is 2. The lowest BCUT2D eigenvalue weighted by Gasteiger charge is -2.16. The molecule has 1 atom stereocenters. The molecule has 6 heteroatoms. The van der Waals surface area contributed by atoms with Crippen molar-refractivity contribution in [1.29, 1.82) is 0 Å². The fraction of sp³-hybridized carbons (Fsp3) is 0.538. The highest BCUT2D eigenvalue weighted by Crippen LogP contribution is 2.24. The van der Waals surface area contributed by atoms with Crippen molar-refractivity contribution in [3.05, 3.63) is 28.2 Å². The van der Waals surface area contributed by atoms with E-state index in [4.69, 9.17) is 5.11 Å². The fourth-order valence-corrected chi connectivity index (χ4v) is 2.09. The molecule has 0 radical (unpaired) electrons. The van der Waals surface area contributed by atoms with Crippen LogP contribution in [-0.2, 0) is 6.54 Å². The van der Waals surface area contributed by atoms with E-state index in [2.05, 4.69) is 26.0 Å². The molecule has 3 nitrogen and oxygen atoms in total. The van der Waals surface area contributed by atoms with E-state index in [9.17, 15) is 8.78 Å². The molecule has 0 saturated carbocycles. The third-order valence-corrected chi connectivity index (χ3v) is 3.17. The third-order valence-electron chi connectivity index (χ3n) is 2.67. The summed E-state index contributed by atoms with van der Waals surface area (Å²) in [5, 5.41) is 12.0. The van der Waals surface area contributed by atoms with Crippen LogP contribution in [0, 0.1) is 0 Å². The van der Waals surface area contributed by atoms with Crippen LogP contribution in [-0.4, -0.2) is 24.4 Å². The summed E-state index contributed by atoms with van der Waals surface area (Å²) in [5.74, 6) is 0.181. The molecule has 1 rings (SSSR count). The summed E-state index contributed by atoms with van der Waals surface area (Å²) in [6, 6.07) is 5.14. The van der Waals surface area contributed by atoms with Gasteiger partial charge < -0.3 is 15.2 Å². The maximum Gasteiger partial charge on any atom is 0.387 e. The number of aliphatic hydroxyl groups is 1. The van der Waals surface area contributed by atoms with E-state index in [1.807, 2.05) is 6.92 Å². The van der Waals surface area contributed by atoms with Gasteiger partial charge in [0.1, 0.15) is 5.75 Å². The van der Waals surface area contributed by atoms with Crippen LogP contribution in [0.1, 0.15) is 25.3 Å². The van der Waals surface area contributed by atoms with E-state index < -0.39 is 6.61 Å². The third kappa shape index (κ3) is 6.31. The molecule has 0 aliphatic heterocycles. The van der Waals surface area contributed by atoms with Crippen molar-refractivity contribution in [2.45, 2.75) is 39.0 Å². The largest absolute Gasteiger partial charge is 0.434 e. The van der Waals surface area contributed by atoms with Crippen LogP contribution in [0.4, 0.5) is 8.78 Å². The summed E-state index contributed by atoms with van der Waals surface area (Å²) in [5.41, 5.74) is 0.672. The Morgan fingerprint density at radius 3 is 2.79 bits per heavy atom. The molecule has 0 bridgehead atoms. The SMILES string of the molecule is CC(CCCO)NCc1cc(Br)ccc1OC(F)F. The van der Waals surface area contributed by atoms with Gasteiger partial charge in [-0.1, -0.05) is 15.9 Å². The number of aliphatic hydroxyl groups excluding tert-OH is 1. The normalized spacial score (nSPS) is 12.7. The molecule has 108 valence electrons. The predicted octanol–water partition coefficient (Wildman–Crippen LogP) is 3.30. The molecule has 0 heterocycles. The molecule has 0 aromatic heterocycles. The average molecular weight is 338 g/mol. The zero-order valence-corrected chi connectivity index (χ0v) is 12.3. The number of benzene rings is 1. The van der Waals surface area contributed by atoms with Crippen LogP contribution in [0.15, 0.2) is 22.7 Å². The Hall–Kier alpha value is -0.720. The first-order chi connectivity index (χ1) is 9.02.